The molecule has 0 spiro atoms. The van der Waals surface area contributed by atoms with E-state index in [0.29, 0.717) is 0 Å². The Hall–Kier alpha value is -1.62. The molecule has 0 aliphatic carbocycles. The summed E-state index contributed by atoms with van der Waals surface area (Å²) in [5, 5.41) is 96.2. The van der Waals surface area contributed by atoms with Crippen LogP contribution in [0.2, 0.25) is 0 Å². The normalized spacial score (nSPS) is 46.0. The minimum atomic E-state index is -1.85. The van der Waals surface area contributed by atoms with Crippen molar-refractivity contribution >= 4 is 11.8 Å². The fourth-order valence-corrected chi connectivity index (χ4v) is 4.87. The summed E-state index contributed by atoms with van der Waals surface area (Å²) < 4.78 is 27.8. The summed E-state index contributed by atoms with van der Waals surface area (Å²) in [6.45, 7) is -0.120. The number of amides is 2. The number of aliphatic hydroxyl groups excluding tert-OH is 9. The standard InChI is InChI=1S/C22H38N2O16/c1-6(28)23-11-14(31)13(30)8(3-25)37-21(11)39-18-10(5-27)38-22(12(15(18)32)24-7(2)29)40-19-9(4-26)36-20(35)17(34)16(19)33/h8-22,25-27,30-35H,3-5H2,1-2H3,(H,23,28)(H,24,29)/t8-,9-,10-,11-,12-,13-,14-,15-,16-,17+,18-,19-,20-,21+,22+/m1/s1. The Bertz CT molecular complexity index is 852. The Labute approximate surface area is 228 Å². The molecule has 11 N–H and O–H groups in total. The third-order valence-corrected chi connectivity index (χ3v) is 6.90. The highest BCUT2D eigenvalue weighted by Gasteiger charge is 2.54. The van der Waals surface area contributed by atoms with Gasteiger partial charge in [0.25, 0.3) is 0 Å². The monoisotopic (exact) mass is 586 g/mol. The molecule has 18 nitrogen and oxygen atoms in total. The zero-order valence-corrected chi connectivity index (χ0v) is 21.7. The minimum Gasteiger partial charge on any atom is -0.394 e. The fraction of sp³-hybridized carbons (Fsp3) is 0.909. The third-order valence-electron chi connectivity index (χ3n) is 6.90. The summed E-state index contributed by atoms with van der Waals surface area (Å²) in [5.41, 5.74) is 0. The van der Waals surface area contributed by atoms with E-state index in [1.54, 1.807) is 0 Å². The highest BCUT2D eigenvalue weighted by molar-refractivity contribution is 5.73. The predicted octanol–water partition coefficient (Wildman–Crippen LogP) is -7.29. The van der Waals surface area contributed by atoms with Crippen LogP contribution in [0.3, 0.4) is 0 Å². The Morgan fingerprint density at radius 1 is 0.600 bits per heavy atom. The second-order valence-corrected chi connectivity index (χ2v) is 9.81. The topological polar surface area (TPSA) is 286 Å². The van der Waals surface area contributed by atoms with Crippen LogP contribution >= 0.6 is 0 Å². The van der Waals surface area contributed by atoms with Crippen LogP contribution in [-0.4, -0.2) is 170 Å². The summed E-state index contributed by atoms with van der Waals surface area (Å²) in [4.78, 5) is 23.7. The summed E-state index contributed by atoms with van der Waals surface area (Å²) in [7, 11) is 0. The average molecular weight is 587 g/mol. The zero-order chi connectivity index (χ0) is 29.9. The molecule has 3 aliphatic rings. The van der Waals surface area contributed by atoms with Gasteiger partial charge in [0, 0.05) is 13.8 Å². The van der Waals surface area contributed by atoms with Crippen LogP contribution in [0.1, 0.15) is 13.8 Å². The number of aliphatic hydroxyl groups is 9. The van der Waals surface area contributed by atoms with Gasteiger partial charge < -0.3 is 80.3 Å². The molecule has 3 rings (SSSR count). The second kappa shape index (κ2) is 14.0. The second-order valence-electron chi connectivity index (χ2n) is 9.81. The first kappa shape index (κ1) is 32.9. The molecule has 0 radical (unpaired) electrons. The van der Waals surface area contributed by atoms with Gasteiger partial charge in [0.15, 0.2) is 18.9 Å². The largest absolute Gasteiger partial charge is 0.394 e. The summed E-state index contributed by atoms with van der Waals surface area (Å²) in [6.07, 6.45) is -21.1. The molecule has 3 aliphatic heterocycles. The number of ether oxygens (including phenoxy) is 5. The Morgan fingerprint density at radius 2 is 1.02 bits per heavy atom. The minimum absolute atomic E-state index is 0.640. The van der Waals surface area contributed by atoms with Crippen LogP contribution in [-0.2, 0) is 33.3 Å². The summed E-state index contributed by atoms with van der Waals surface area (Å²) in [6, 6.07) is -2.88. The van der Waals surface area contributed by atoms with Crippen molar-refractivity contribution in [1.29, 1.82) is 0 Å². The number of hydrogen-bond acceptors (Lipinski definition) is 16. The van der Waals surface area contributed by atoms with Crippen molar-refractivity contribution in [3.63, 3.8) is 0 Å². The molecule has 3 saturated heterocycles. The highest BCUT2D eigenvalue weighted by atomic mass is 16.7. The maximum atomic E-state index is 12.0. The van der Waals surface area contributed by atoms with E-state index in [4.69, 9.17) is 23.7 Å². The van der Waals surface area contributed by atoms with Crippen molar-refractivity contribution in [1.82, 2.24) is 10.6 Å². The number of carbonyl (C=O) groups excluding carboxylic acids is 2. The molecule has 232 valence electrons. The summed E-state index contributed by atoms with van der Waals surface area (Å²) in [5.74, 6) is -1.32. The first-order valence-corrected chi connectivity index (χ1v) is 12.6. The van der Waals surface area contributed by atoms with Gasteiger partial charge in [0.05, 0.1) is 19.8 Å². The van der Waals surface area contributed by atoms with Gasteiger partial charge in [-0.3, -0.25) is 9.59 Å². The van der Waals surface area contributed by atoms with Crippen LogP contribution in [0, 0.1) is 0 Å². The van der Waals surface area contributed by atoms with Crippen LogP contribution in [0.25, 0.3) is 0 Å². The van der Waals surface area contributed by atoms with Gasteiger partial charge >= 0.3 is 0 Å². The Morgan fingerprint density at radius 3 is 1.50 bits per heavy atom. The maximum absolute atomic E-state index is 12.0. The molecule has 0 unspecified atom stereocenters. The molecule has 0 aromatic carbocycles. The first-order valence-electron chi connectivity index (χ1n) is 12.6. The van der Waals surface area contributed by atoms with Gasteiger partial charge in [0.2, 0.25) is 11.8 Å². The number of carbonyl (C=O) groups is 2. The lowest BCUT2D eigenvalue weighted by molar-refractivity contribution is -0.358. The Balaban J connectivity index is 1.87. The summed E-state index contributed by atoms with van der Waals surface area (Å²) >= 11 is 0. The number of nitrogens with one attached hydrogen (secondary N) is 2. The SMILES string of the molecule is CC(=O)N[C@H]1[C@H](O[C@H]2[C@H](O)[C@H](O)[C@H](O)O[C@@H]2CO)O[C@H](CO)[C@@H](O[C@@H]2O[C@H](CO)[C@@H](O)[C@H](O)[C@H]2NC(C)=O)[C@@H]1O. The smallest absolute Gasteiger partial charge is 0.217 e. The molecule has 18 heteroatoms. The number of rotatable bonds is 9. The van der Waals surface area contributed by atoms with Crippen molar-refractivity contribution in [2.45, 2.75) is 106 Å². The van der Waals surface area contributed by atoms with Crippen LogP contribution in [0.4, 0.5) is 0 Å². The van der Waals surface area contributed by atoms with E-state index in [1.807, 2.05) is 0 Å². The van der Waals surface area contributed by atoms with Crippen molar-refractivity contribution in [2.75, 3.05) is 19.8 Å². The molecule has 0 bridgehead atoms. The lowest BCUT2D eigenvalue weighted by Gasteiger charge is -2.49. The van der Waals surface area contributed by atoms with E-state index in [2.05, 4.69) is 10.6 Å². The quantitative estimate of drug-likeness (QED) is 0.120. The van der Waals surface area contributed by atoms with E-state index >= 15 is 0 Å². The molecule has 3 heterocycles. The van der Waals surface area contributed by atoms with Gasteiger partial charge in [-0.2, -0.15) is 0 Å². The lowest BCUT2D eigenvalue weighted by atomic mass is 9.94. The third kappa shape index (κ3) is 7.05. The maximum Gasteiger partial charge on any atom is 0.217 e. The average Bonchev–Trinajstić information content (AvgIpc) is 2.90. The Kier molecular flexibility index (Phi) is 11.5. The van der Waals surface area contributed by atoms with Crippen molar-refractivity contribution in [2.24, 2.45) is 0 Å². The van der Waals surface area contributed by atoms with E-state index in [-0.39, 0.29) is 0 Å². The van der Waals surface area contributed by atoms with Gasteiger partial charge in [-0.15, -0.1) is 0 Å². The van der Waals surface area contributed by atoms with Crippen molar-refractivity contribution in [3.8, 4) is 0 Å². The molecule has 0 saturated carbocycles. The lowest BCUT2D eigenvalue weighted by Crippen LogP contribution is -2.70. The molecule has 15 atom stereocenters. The predicted molar refractivity (Wildman–Crippen MR) is 124 cm³/mol. The van der Waals surface area contributed by atoms with E-state index in [0.717, 1.165) is 13.8 Å². The first-order chi connectivity index (χ1) is 18.8. The van der Waals surface area contributed by atoms with Crippen molar-refractivity contribution in [3.05, 3.63) is 0 Å². The molecule has 2 amide bonds. The fourth-order valence-electron chi connectivity index (χ4n) is 4.87. The van der Waals surface area contributed by atoms with E-state index in [1.165, 1.54) is 0 Å². The van der Waals surface area contributed by atoms with Crippen LogP contribution in [0.15, 0.2) is 0 Å². The van der Waals surface area contributed by atoms with Gasteiger partial charge in [-0.25, -0.2) is 0 Å². The molecule has 40 heavy (non-hydrogen) atoms. The van der Waals surface area contributed by atoms with Crippen molar-refractivity contribution < 1.29 is 79.2 Å². The van der Waals surface area contributed by atoms with E-state index in [9.17, 15) is 55.5 Å². The van der Waals surface area contributed by atoms with Gasteiger partial charge in [-0.1, -0.05) is 0 Å². The zero-order valence-electron chi connectivity index (χ0n) is 21.7. The van der Waals surface area contributed by atoms with Gasteiger partial charge in [0.1, 0.15) is 73.1 Å². The molecule has 0 aromatic rings. The molecular formula is C22H38N2O16. The molecule has 0 aromatic heterocycles. The highest BCUT2D eigenvalue weighted by Crippen LogP contribution is 2.32. The van der Waals surface area contributed by atoms with Crippen LogP contribution in [0.5, 0.6) is 0 Å². The molecular weight excluding hydrogens is 548 g/mol. The molecule has 3 fully saturated rings. The van der Waals surface area contributed by atoms with Gasteiger partial charge in [-0.05, 0) is 0 Å². The van der Waals surface area contributed by atoms with E-state index < -0.39 is 124 Å². The van der Waals surface area contributed by atoms with Crippen LogP contribution < -0.4 is 10.6 Å². The number of hydrogen-bond donors (Lipinski definition) is 11.